The molecule has 11 heteroatoms. The highest BCUT2D eigenvalue weighted by Gasteiger charge is 2.39. The van der Waals surface area contributed by atoms with Gasteiger partial charge in [-0.15, -0.1) is 0 Å². The third-order valence-electron chi connectivity index (χ3n) is 9.68. The Kier molecular flexibility index (Phi) is 10.1. The average Bonchev–Trinajstić information content (AvgIpc) is 3.84. The SMILES string of the molecule is Cn1cc(-c2ccc(CN(C(=O)[C@@H]3CCCN(c4cccc(OC(C)(C)C(=O)N5CCN(C(=O)OC(C)(C)C)CC5)c4)C3)C3CC3)cc2)cn1. The highest BCUT2D eigenvalue weighted by atomic mass is 16.6. The number of nitrogens with zero attached hydrogens (tertiary/aromatic N) is 6. The maximum Gasteiger partial charge on any atom is 0.410 e. The van der Waals surface area contributed by atoms with Crippen molar-refractivity contribution in [2.75, 3.05) is 44.2 Å². The van der Waals surface area contributed by atoms with Crippen LogP contribution in [0.4, 0.5) is 10.5 Å². The maximum atomic E-state index is 14.0. The first-order chi connectivity index (χ1) is 23.8. The van der Waals surface area contributed by atoms with Crippen LogP contribution in [0.1, 0.15) is 65.9 Å². The van der Waals surface area contributed by atoms with Gasteiger partial charge in [0.2, 0.25) is 5.91 Å². The Bertz CT molecular complexity index is 1670. The summed E-state index contributed by atoms with van der Waals surface area (Å²) in [6, 6.07) is 16.6. The molecule has 3 fully saturated rings. The number of rotatable bonds is 9. The summed E-state index contributed by atoms with van der Waals surface area (Å²) >= 11 is 0. The minimum Gasteiger partial charge on any atom is -0.478 e. The second-order valence-electron chi connectivity index (χ2n) is 15.5. The van der Waals surface area contributed by atoms with Crippen LogP contribution in [0.5, 0.6) is 5.75 Å². The van der Waals surface area contributed by atoms with Crippen molar-refractivity contribution in [1.82, 2.24) is 24.5 Å². The van der Waals surface area contributed by atoms with Crippen molar-refractivity contribution in [2.24, 2.45) is 13.0 Å². The van der Waals surface area contributed by atoms with E-state index in [-0.39, 0.29) is 23.8 Å². The standard InChI is InChI=1S/C39H52N6O5/c1-38(2,3)50-37(48)43-21-19-42(20-22-43)36(47)39(4,5)49-34-11-7-10-33(23-34)44-18-8-9-30(27-44)35(46)45(32-16-17-32)25-28-12-14-29(15-13-28)31-24-40-41(6)26-31/h7,10-15,23-24,26,30,32H,8-9,16-22,25,27H2,1-6H3/t30-/m1/s1. The van der Waals surface area contributed by atoms with Gasteiger partial charge < -0.3 is 29.1 Å². The fourth-order valence-electron chi connectivity index (χ4n) is 6.87. The van der Waals surface area contributed by atoms with E-state index in [2.05, 4.69) is 39.2 Å². The van der Waals surface area contributed by atoms with E-state index in [1.165, 1.54) is 0 Å². The summed E-state index contributed by atoms with van der Waals surface area (Å²) in [6.45, 7) is 12.9. The lowest BCUT2D eigenvalue weighted by Crippen LogP contribution is -2.57. The van der Waals surface area contributed by atoms with Gasteiger partial charge >= 0.3 is 6.09 Å². The van der Waals surface area contributed by atoms with Crippen LogP contribution in [0.3, 0.4) is 0 Å². The molecule has 0 spiro atoms. The van der Waals surface area contributed by atoms with Crippen LogP contribution >= 0.6 is 0 Å². The zero-order chi connectivity index (χ0) is 35.6. The highest BCUT2D eigenvalue weighted by molar-refractivity contribution is 5.85. The molecule has 2 aromatic carbocycles. The smallest absolute Gasteiger partial charge is 0.410 e. The number of benzene rings is 2. The summed E-state index contributed by atoms with van der Waals surface area (Å²) in [5, 5.41) is 4.28. The van der Waals surface area contributed by atoms with Crippen molar-refractivity contribution in [2.45, 2.75) is 84.1 Å². The van der Waals surface area contributed by atoms with Crippen LogP contribution in [0.15, 0.2) is 60.9 Å². The normalized spacial score (nSPS) is 18.5. The summed E-state index contributed by atoms with van der Waals surface area (Å²) in [5.74, 6) is 0.638. The van der Waals surface area contributed by atoms with Crippen LogP contribution in [0.2, 0.25) is 0 Å². The molecule has 3 amide bonds. The number of carbonyl (C=O) groups is 3. The Morgan fingerprint density at radius 3 is 2.22 bits per heavy atom. The van der Waals surface area contributed by atoms with E-state index >= 15 is 0 Å². The van der Waals surface area contributed by atoms with Crippen molar-refractivity contribution in [3.05, 3.63) is 66.5 Å². The zero-order valence-electron chi connectivity index (χ0n) is 30.4. The summed E-state index contributed by atoms with van der Waals surface area (Å²) in [5.41, 5.74) is 2.65. The molecule has 0 bridgehead atoms. The van der Waals surface area contributed by atoms with Crippen LogP contribution in [0, 0.1) is 5.92 Å². The van der Waals surface area contributed by atoms with E-state index in [1.54, 1.807) is 28.3 Å². The molecular weight excluding hydrogens is 632 g/mol. The van der Waals surface area contributed by atoms with Gasteiger partial charge in [0, 0.05) is 82.4 Å². The molecule has 268 valence electrons. The minimum atomic E-state index is -1.10. The predicted octanol–water partition coefficient (Wildman–Crippen LogP) is 5.73. The molecule has 1 aliphatic carbocycles. The molecule has 50 heavy (non-hydrogen) atoms. The summed E-state index contributed by atoms with van der Waals surface area (Å²) < 4.78 is 13.6. The maximum absolute atomic E-state index is 14.0. The molecule has 2 saturated heterocycles. The largest absolute Gasteiger partial charge is 0.478 e. The topological polar surface area (TPSA) is 100 Å². The van der Waals surface area contributed by atoms with Crippen molar-refractivity contribution >= 4 is 23.6 Å². The van der Waals surface area contributed by atoms with Crippen molar-refractivity contribution in [3.8, 4) is 16.9 Å². The Balaban J connectivity index is 1.05. The molecule has 1 aromatic heterocycles. The lowest BCUT2D eigenvalue weighted by atomic mass is 9.95. The first-order valence-corrected chi connectivity index (χ1v) is 18.0. The van der Waals surface area contributed by atoms with E-state index in [4.69, 9.17) is 9.47 Å². The van der Waals surface area contributed by atoms with Gasteiger partial charge in [-0.2, -0.15) is 5.10 Å². The van der Waals surface area contributed by atoms with Crippen molar-refractivity contribution in [3.63, 3.8) is 0 Å². The fourth-order valence-corrected chi connectivity index (χ4v) is 6.87. The van der Waals surface area contributed by atoms with E-state index in [1.807, 2.05) is 64.5 Å². The number of carbonyl (C=O) groups excluding carboxylic acids is 3. The third-order valence-corrected chi connectivity index (χ3v) is 9.68. The number of anilines is 1. The Labute approximate surface area is 296 Å². The number of hydrogen-bond donors (Lipinski definition) is 0. The number of piperidine rings is 1. The average molecular weight is 685 g/mol. The fraction of sp³-hybridized carbons (Fsp3) is 0.538. The number of amides is 3. The summed E-state index contributed by atoms with van der Waals surface area (Å²) in [7, 11) is 1.92. The minimum absolute atomic E-state index is 0.0824. The highest BCUT2D eigenvalue weighted by Crippen LogP contribution is 2.34. The molecule has 3 aromatic rings. The van der Waals surface area contributed by atoms with Crippen LogP contribution in [-0.4, -0.2) is 98.9 Å². The third kappa shape index (κ3) is 8.60. The Morgan fingerprint density at radius 1 is 0.880 bits per heavy atom. The van der Waals surface area contributed by atoms with Gasteiger partial charge in [-0.3, -0.25) is 14.3 Å². The molecule has 1 atom stereocenters. The lowest BCUT2D eigenvalue weighted by molar-refractivity contribution is -0.147. The van der Waals surface area contributed by atoms with Gasteiger partial charge in [0.15, 0.2) is 5.60 Å². The molecule has 0 radical (unpaired) electrons. The van der Waals surface area contributed by atoms with Crippen molar-refractivity contribution in [1.29, 1.82) is 0 Å². The number of piperazine rings is 1. The second-order valence-corrected chi connectivity index (χ2v) is 15.5. The van der Waals surface area contributed by atoms with E-state index in [0.717, 1.165) is 54.6 Å². The molecule has 11 nitrogen and oxygen atoms in total. The van der Waals surface area contributed by atoms with Gasteiger partial charge in [0.05, 0.1) is 12.1 Å². The van der Waals surface area contributed by atoms with E-state index < -0.39 is 11.2 Å². The number of aryl methyl sites for hydroxylation is 1. The van der Waals surface area contributed by atoms with Gasteiger partial charge in [-0.1, -0.05) is 30.3 Å². The predicted molar refractivity (Wildman–Crippen MR) is 193 cm³/mol. The zero-order valence-corrected chi connectivity index (χ0v) is 30.4. The number of hydrogen-bond acceptors (Lipinski definition) is 7. The van der Waals surface area contributed by atoms with Gasteiger partial charge in [-0.05, 0) is 83.6 Å². The van der Waals surface area contributed by atoms with Gasteiger partial charge in [0.1, 0.15) is 11.4 Å². The Hall–Kier alpha value is -4.54. The molecule has 2 aliphatic heterocycles. The van der Waals surface area contributed by atoms with Crippen LogP contribution in [-0.2, 0) is 27.9 Å². The van der Waals surface area contributed by atoms with Gasteiger partial charge in [0.25, 0.3) is 5.91 Å². The monoisotopic (exact) mass is 684 g/mol. The molecule has 1 saturated carbocycles. The molecule has 0 unspecified atom stereocenters. The van der Waals surface area contributed by atoms with E-state index in [9.17, 15) is 14.4 Å². The Morgan fingerprint density at radius 2 is 1.58 bits per heavy atom. The van der Waals surface area contributed by atoms with Gasteiger partial charge in [-0.25, -0.2) is 4.79 Å². The van der Waals surface area contributed by atoms with Crippen molar-refractivity contribution < 1.29 is 23.9 Å². The molecule has 3 heterocycles. The quantitative estimate of drug-likeness (QED) is 0.284. The van der Waals surface area contributed by atoms with E-state index in [0.29, 0.717) is 51.1 Å². The molecular formula is C39H52N6O5. The number of aromatic nitrogens is 2. The summed E-state index contributed by atoms with van der Waals surface area (Å²) in [4.78, 5) is 47.9. The summed E-state index contributed by atoms with van der Waals surface area (Å²) in [6.07, 6.45) is 7.44. The van der Waals surface area contributed by atoms with Crippen LogP contribution in [0.25, 0.3) is 11.1 Å². The lowest BCUT2D eigenvalue weighted by Gasteiger charge is -2.39. The second kappa shape index (κ2) is 14.4. The first kappa shape index (κ1) is 35.3. The van der Waals surface area contributed by atoms with Crippen LogP contribution < -0.4 is 9.64 Å². The number of ether oxygens (including phenoxy) is 2. The first-order valence-electron chi connectivity index (χ1n) is 18.0. The molecule has 3 aliphatic rings. The molecule has 6 rings (SSSR count). The molecule has 0 N–H and O–H groups in total.